The normalized spacial score (nSPS) is 14.7. The van der Waals surface area contributed by atoms with Crippen LogP contribution in [0.5, 0.6) is 0 Å². The van der Waals surface area contributed by atoms with E-state index in [1.165, 1.54) is 12.5 Å². The van der Waals surface area contributed by atoms with Gasteiger partial charge in [0.2, 0.25) is 0 Å². The van der Waals surface area contributed by atoms with Crippen LogP contribution in [0.4, 0.5) is 0 Å². The van der Waals surface area contributed by atoms with Crippen LogP contribution in [0.25, 0.3) is 6.08 Å². The van der Waals surface area contributed by atoms with Crippen molar-refractivity contribution < 1.29 is 19.4 Å². The van der Waals surface area contributed by atoms with E-state index in [0.717, 1.165) is 6.29 Å². The quantitative estimate of drug-likeness (QED) is 0.516. The van der Waals surface area contributed by atoms with Gasteiger partial charge in [-0.15, -0.1) is 0 Å². The average Bonchev–Trinajstić information content (AvgIpc) is 3.25. The first-order valence-corrected chi connectivity index (χ1v) is 5.64. The third-order valence-corrected chi connectivity index (χ3v) is 1.91. The zero-order valence-corrected chi connectivity index (χ0v) is 10.9. The molecule has 1 atom stereocenters. The Labute approximate surface area is 113 Å². The predicted octanol–water partition coefficient (Wildman–Crippen LogP) is 2.56. The van der Waals surface area contributed by atoms with Crippen molar-refractivity contribution in [2.24, 2.45) is 0 Å². The highest BCUT2D eigenvalue weighted by molar-refractivity contribution is 5.84. The number of carboxylic acid groups (broad SMARTS) is 1. The van der Waals surface area contributed by atoms with Gasteiger partial charge in [-0.2, -0.15) is 0 Å². The van der Waals surface area contributed by atoms with Gasteiger partial charge in [0, 0.05) is 5.57 Å². The van der Waals surface area contributed by atoms with E-state index in [2.05, 4.69) is 17.9 Å². The SMILES string of the molecule is C=C(C)C(=O)O.C=Cc1ccccc1.O=CC1CO1. The summed E-state index contributed by atoms with van der Waals surface area (Å²) in [5.74, 6) is -0.935. The van der Waals surface area contributed by atoms with Gasteiger partial charge in [0.15, 0.2) is 6.29 Å². The molecule has 0 bridgehead atoms. The molecule has 1 saturated heterocycles. The fourth-order valence-electron chi connectivity index (χ4n) is 0.723. The van der Waals surface area contributed by atoms with Gasteiger partial charge in [0.05, 0.1) is 6.61 Å². The summed E-state index contributed by atoms with van der Waals surface area (Å²) in [6, 6.07) is 10.0. The maximum atomic E-state index is 9.60. The Morgan fingerprint density at radius 3 is 2.05 bits per heavy atom. The molecule has 1 aliphatic rings. The molecular weight excluding hydrogens is 244 g/mol. The molecule has 1 aromatic carbocycles. The lowest BCUT2D eigenvalue weighted by Crippen LogP contribution is -1.92. The minimum atomic E-state index is -0.935. The van der Waals surface area contributed by atoms with Crippen molar-refractivity contribution in [3.05, 3.63) is 54.6 Å². The van der Waals surface area contributed by atoms with Gasteiger partial charge in [-0.3, -0.25) is 0 Å². The van der Waals surface area contributed by atoms with Gasteiger partial charge in [-0.1, -0.05) is 49.6 Å². The van der Waals surface area contributed by atoms with Crippen LogP contribution < -0.4 is 0 Å². The lowest BCUT2D eigenvalue weighted by molar-refractivity contribution is -0.132. The fraction of sp³-hybridized carbons (Fsp3) is 0.200. The van der Waals surface area contributed by atoms with E-state index >= 15 is 0 Å². The number of aldehydes is 1. The van der Waals surface area contributed by atoms with Crippen LogP contribution in [-0.4, -0.2) is 30.1 Å². The minimum absolute atomic E-state index is 0.0463. The fourth-order valence-corrected chi connectivity index (χ4v) is 0.723. The van der Waals surface area contributed by atoms with Crippen LogP contribution in [0.15, 0.2) is 49.1 Å². The molecule has 0 saturated carbocycles. The molecule has 4 heteroatoms. The van der Waals surface area contributed by atoms with Gasteiger partial charge in [-0.05, 0) is 12.5 Å². The van der Waals surface area contributed by atoms with Crippen LogP contribution in [-0.2, 0) is 14.3 Å². The molecule has 1 N–H and O–H groups in total. The average molecular weight is 262 g/mol. The largest absolute Gasteiger partial charge is 0.478 e. The van der Waals surface area contributed by atoms with Crippen molar-refractivity contribution in [3.8, 4) is 0 Å². The first-order chi connectivity index (χ1) is 9.01. The molecule has 1 unspecified atom stereocenters. The third kappa shape index (κ3) is 10.7. The van der Waals surface area contributed by atoms with Gasteiger partial charge in [0.1, 0.15) is 6.10 Å². The summed E-state index contributed by atoms with van der Waals surface area (Å²) in [7, 11) is 0. The smallest absolute Gasteiger partial charge is 0.330 e. The highest BCUT2D eigenvalue weighted by Gasteiger charge is 2.19. The van der Waals surface area contributed by atoms with Crippen LogP contribution in [0, 0.1) is 0 Å². The number of rotatable bonds is 3. The van der Waals surface area contributed by atoms with E-state index in [0.29, 0.717) is 6.61 Å². The molecule has 0 aliphatic carbocycles. The summed E-state index contributed by atoms with van der Waals surface area (Å²) in [5.41, 5.74) is 1.35. The van der Waals surface area contributed by atoms with E-state index in [4.69, 9.17) is 5.11 Å². The zero-order chi connectivity index (χ0) is 14.7. The number of carbonyl (C=O) groups excluding carboxylic acids is 1. The number of benzene rings is 1. The molecule has 19 heavy (non-hydrogen) atoms. The van der Waals surface area contributed by atoms with Crippen molar-refractivity contribution >= 4 is 18.3 Å². The summed E-state index contributed by atoms with van der Waals surface area (Å²) >= 11 is 0. The summed E-state index contributed by atoms with van der Waals surface area (Å²) < 4.78 is 4.49. The van der Waals surface area contributed by atoms with E-state index in [-0.39, 0.29) is 11.7 Å². The number of hydrogen-bond acceptors (Lipinski definition) is 3. The van der Waals surface area contributed by atoms with Crippen LogP contribution in [0.2, 0.25) is 0 Å². The van der Waals surface area contributed by atoms with Gasteiger partial charge >= 0.3 is 5.97 Å². The lowest BCUT2D eigenvalue weighted by Gasteiger charge is -1.85. The molecule has 1 fully saturated rings. The summed E-state index contributed by atoms with van der Waals surface area (Å²) in [6.07, 6.45) is 2.59. The minimum Gasteiger partial charge on any atom is -0.478 e. The third-order valence-electron chi connectivity index (χ3n) is 1.91. The highest BCUT2D eigenvalue weighted by atomic mass is 16.6. The first kappa shape index (κ1) is 16.8. The second kappa shape index (κ2) is 9.79. The van der Waals surface area contributed by atoms with E-state index in [1.807, 2.05) is 36.4 Å². The maximum absolute atomic E-state index is 9.60. The Hall–Kier alpha value is -2.20. The standard InChI is InChI=1S/C8H8.C4H6O2.C3H4O2/c1-2-8-6-4-3-5-7-8;1-3(2)4(5)6;4-1-3-2-5-3/h2-7H,1H2;1H2,2H3,(H,5,6);1,3H,2H2. The van der Waals surface area contributed by atoms with Crippen LogP contribution in [0.1, 0.15) is 12.5 Å². The van der Waals surface area contributed by atoms with Crippen molar-refractivity contribution in [2.75, 3.05) is 6.61 Å². The Morgan fingerprint density at radius 1 is 1.42 bits per heavy atom. The van der Waals surface area contributed by atoms with Gasteiger partial charge in [0.25, 0.3) is 0 Å². The van der Waals surface area contributed by atoms with E-state index in [9.17, 15) is 9.59 Å². The molecule has 2 rings (SSSR count). The topological polar surface area (TPSA) is 66.9 Å². The molecule has 102 valence electrons. The zero-order valence-electron chi connectivity index (χ0n) is 10.9. The molecule has 0 aromatic heterocycles. The Morgan fingerprint density at radius 2 is 1.89 bits per heavy atom. The number of ether oxygens (including phenoxy) is 1. The number of epoxide rings is 1. The summed E-state index contributed by atoms with van der Waals surface area (Å²) in [6.45, 7) is 8.88. The number of hydrogen-bond donors (Lipinski definition) is 1. The van der Waals surface area contributed by atoms with Gasteiger partial charge in [-0.25, -0.2) is 4.79 Å². The van der Waals surface area contributed by atoms with Crippen molar-refractivity contribution in [1.29, 1.82) is 0 Å². The van der Waals surface area contributed by atoms with Crippen LogP contribution >= 0.6 is 0 Å². The number of aliphatic carboxylic acids is 1. The second-order valence-electron chi connectivity index (χ2n) is 3.71. The molecule has 1 aromatic rings. The lowest BCUT2D eigenvalue weighted by atomic mass is 10.2. The highest BCUT2D eigenvalue weighted by Crippen LogP contribution is 2.02. The van der Waals surface area contributed by atoms with Crippen LogP contribution in [0.3, 0.4) is 0 Å². The molecular formula is C15H18O4. The Bertz CT molecular complexity index is 407. The summed E-state index contributed by atoms with van der Waals surface area (Å²) in [5, 5.41) is 7.89. The molecule has 0 radical (unpaired) electrons. The second-order valence-corrected chi connectivity index (χ2v) is 3.71. The molecule has 0 spiro atoms. The number of carbonyl (C=O) groups is 2. The molecule has 1 aliphatic heterocycles. The molecule has 0 amide bonds. The molecule has 4 nitrogen and oxygen atoms in total. The van der Waals surface area contributed by atoms with Gasteiger partial charge < -0.3 is 14.6 Å². The maximum Gasteiger partial charge on any atom is 0.330 e. The van der Waals surface area contributed by atoms with Crippen molar-refractivity contribution in [3.63, 3.8) is 0 Å². The molecule has 1 heterocycles. The summed E-state index contributed by atoms with van der Waals surface area (Å²) in [4.78, 5) is 19.0. The van der Waals surface area contributed by atoms with Crippen molar-refractivity contribution in [1.82, 2.24) is 0 Å². The Kier molecular flexibility index (Phi) is 8.66. The Balaban J connectivity index is 0.000000264. The van der Waals surface area contributed by atoms with E-state index in [1.54, 1.807) is 0 Å². The monoisotopic (exact) mass is 262 g/mol. The predicted molar refractivity (Wildman–Crippen MR) is 74.8 cm³/mol. The first-order valence-electron chi connectivity index (χ1n) is 5.64. The number of carboxylic acids is 1. The van der Waals surface area contributed by atoms with Crippen molar-refractivity contribution in [2.45, 2.75) is 13.0 Å². The van der Waals surface area contributed by atoms with E-state index < -0.39 is 5.97 Å².